The predicted molar refractivity (Wildman–Crippen MR) is 55.0 cm³/mol. The first-order valence-electron chi connectivity index (χ1n) is 5.26. The molecule has 0 aromatic carbocycles. The van der Waals surface area contributed by atoms with Crippen LogP contribution in [0.2, 0.25) is 0 Å². The van der Waals surface area contributed by atoms with E-state index < -0.39 is 18.2 Å². The van der Waals surface area contributed by atoms with Gasteiger partial charge in [0.05, 0.1) is 6.10 Å². The van der Waals surface area contributed by atoms with Gasteiger partial charge in [-0.05, 0) is 12.8 Å². The molecule has 86 valence electrons. The summed E-state index contributed by atoms with van der Waals surface area (Å²) in [6, 6.07) is -1.30. The van der Waals surface area contributed by atoms with E-state index in [2.05, 4.69) is 10.6 Å². The van der Waals surface area contributed by atoms with Crippen LogP contribution in [0.1, 0.15) is 27.2 Å². The molecule has 0 spiro atoms. The highest BCUT2D eigenvalue weighted by Crippen LogP contribution is 2.12. The van der Waals surface area contributed by atoms with E-state index in [0.29, 0.717) is 0 Å². The van der Waals surface area contributed by atoms with E-state index in [1.54, 1.807) is 0 Å². The Morgan fingerprint density at radius 3 is 2.13 bits per heavy atom. The van der Waals surface area contributed by atoms with Crippen LogP contribution in [0.25, 0.3) is 0 Å². The molecule has 1 aliphatic rings. The average Bonchev–Trinajstić information content (AvgIpc) is 2.19. The van der Waals surface area contributed by atoms with Crippen molar-refractivity contribution >= 4 is 11.8 Å². The lowest BCUT2D eigenvalue weighted by molar-refractivity contribution is -0.140. The Morgan fingerprint density at radius 2 is 1.67 bits per heavy atom. The van der Waals surface area contributed by atoms with Gasteiger partial charge in [0.25, 0.3) is 0 Å². The minimum Gasteiger partial charge on any atom is -0.391 e. The Kier molecular flexibility index (Phi) is 3.68. The van der Waals surface area contributed by atoms with Crippen molar-refractivity contribution in [2.45, 2.75) is 45.4 Å². The standard InChI is InChI=1S/C10H18N2O3/c1-4-5(2)7-9(14)12-8(6(3)13)10(15)11-7/h5-8,13H,4H2,1-3H3,(H,11,15)(H,12,14)/t5?,6?,7-,8-/m0/s1. The number of aliphatic hydroxyl groups is 1. The normalized spacial score (nSPS) is 30.4. The largest absolute Gasteiger partial charge is 0.391 e. The summed E-state index contributed by atoms with van der Waals surface area (Å²) in [5.41, 5.74) is 0. The molecule has 0 radical (unpaired) electrons. The molecular weight excluding hydrogens is 196 g/mol. The fraction of sp³-hybridized carbons (Fsp3) is 0.800. The topological polar surface area (TPSA) is 78.4 Å². The monoisotopic (exact) mass is 214 g/mol. The van der Waals surface area contributed by atoms with Gasteiger partial charge in [-0.1, -0.05) is 20.3 Å². The highest BCUT2D eigenvalue weighted by Gasteiger charge is 2.37. The van der Waals surface area contributed by atoms with Crippen LogP contribution < -0.4 is 10.6 Å². The number of piperazine rings is 1. The lowest BCUT2D eigenvalue weighted by Gasteiger charge is -2.33. The highest BCUT2D eigenvalue weighted by atomic mass is 16.3. The van der Waals surface area contributed by atoms with Crippen LogP contribution >= 0.6 is 0 Å². The Labute approximate surface area is 89.2 Å². The molecule has 1 fully saturated rings. The van der Waals surface area contributed by atoms with Gasteiger partial charge in [0.1, 0.15) is 12.1 Å². The van der Waals surface area contributed by atoms with E-state index >= 15 is 0 Å². The number of rotatable bonds is 3. The summed E-state index contributed by atoms with van der Waals surface area (Å²) in [7, 11) is 0. The fourth-order valence-corrected chi connectivity index (χ4v) is 1.59. The van der Waals surface area contributed by atoms with Gasteiger partial charge >= 0.3 is 0 Å². The van der Waals surface area contributed by atoms with Crippen molar-refractivity contribution in [3.05, 3.63) is 0 Å². The molecule has 5 nitrogen and oxygen atoms in total. The summed E-state index contributed by atoms with van der Waals surface area (Å²) < 4.78 is 0. The van der Waals surface area contributed by atoms with Crippen molar-refractivity contribution in [3.8, 4) is 0 Å². The predicted octanol–water partition coefficient (Wildman–Crippen LogP) is -0.603. The molecule has 2 amide bonds. The van der Waals surface area contributed by atoms with Crippen molar-refractivity contribution in [1.29, 1.82) is 0 Å². The van der Waals surface area contributed by atoms with Gasteiger partial charge in [-0.3, -0.25) is 9.59 Å². The van der Waals surface area contributed by atoms with E-state index in [-0.39, 0.29) is 17.7 Å². The lowest BCUT2D eigenvalue weighted by Crippen LogP contribution is -2.66. The van der Waals surface area contributed by atoms with Crippen LogP contribution in [0.4, 0.5) is 0 Å². The van der Waals surface area contributed by atoms with E-state index in [4.69, 9.17) is 0 Å². The molecule has 1 saturated heterocycles. The van der Waals surface area contributed by atoms with Crippen molar-refractivity contribution < 1.29 is 14.7 Å². The summed E-state index contributed by atoms with van der Waals surface area (Å²) in [5.74, 6) is -0.423. The number of nitrogens with one attached hydrogen (secondary N) is 2. The van der Waals surface area contributed by atoms with Crippen molar-refractivity contribution in [2.75, 3.05) is 0 Å². The molecule has 15 heavy (non-hydrogen) atoms. The van der Waals surface area contributed by atoms with Gasteiger partial charge < -0.3 is 15.7 Å². The first-order chi connectivity index (χ1) is 6.97. The Bertz CT molecular complexity index is 265. The number of aliphatic hydroxyl groups excluding tert-OH is 1. The van der Waals surface area contributed by atoms with Crippen LogP contribution in [0, 0.1) is 5.92 Å². The number of carbonyl (C=O) groups is 2. The third-order valence-corrected chi connectivity index (χ3v) is 2.86. The molecule has 1 aliphatic heterocycles. The van der Waals surface area contributed by atoms with Gasteiger partial charge in [0.15, 0.2) is 0 Å². The van der Waals surface area contributed by atoms with Crippen LogP contribution in [0.5, 0.6) is 0 Å². The first kappa shape index (κ1) is 12.0. The molecule has 0 bridgehead atoms. The quantitative estimate of drug-likeness (QED) is 0.587. The Morgan fingerprint density at radius 1 is 1.20 bits per heavy atom. The third kappa shape index (κ3) is 2.47. The second kappa shape index (κ2) is 4.61. The third-order valence-electron chi connectivity index (χ3n) is 2.86. The molecule has 0 saturated carbocycles. The highest BCUT2D eigenvalue weighted by molar-refractivity contribution is 5.97. The summed E-state index contributed by atoms with van der Waals surface area (Å²) in [6.07, 6.45) is -0.0515. The van der Waals surface area contributed by atoms with Crippen molar-refractivity contribution in [2.24, 2.45) is 5.92 Å². The van der Waals surface area contributed by atoms with Crippen molar-refractivity contribution in [1.82, 2.24) is 10.6 Å². The molecule has 5 heteroatoms. The molecule has 0 aromatic heterocycles. The minimum atomic E-state index is -0.869. The summed E-state index contributed by atoms with van der Waals surface area (Å²) in [6.45, 7) is 5.35. The van der Waals surface area contributed by atoms with Gasteiger partial charge in [0.2, 0.25) is 11.8 Å². The fourth-order valence-electron chi connectivity index (χ4n) is 1.59. The second-order valence-corrected chi connectivity index (χ2v) is 4.10. The maximum Gasteiger partial charge on any atom is 0.245 e. The molecule has 1 heterocycles. The number of hydrogen-bond donors (Lipinski definition) is 3. The van der Waals surface area contributed by atoms with Crippen molar-refractivity contribution in [3.63, 3.8) is 0 Å². The van der Waals surface area contributed by atoms with Gasteiger partial charge in [0, 0.05) is 0 Å². The zero-order valence-corrected chi connectivity index (χ0v) is 9.28. The van der Waals surface area contributed by atoms with Gasteiger partial charge in [-0.2, -0.15) is 0 Å². The van der Waals surface area contributed by atoms with Crippen LogP contribution in [-0.4, -0.2) is 35.1 Å². The van der Waals surface area contributed by atoms with E-state index in [9.17, 15) is 14.7 Å². The molecule has 2 unspecified atom stereocenters. The maximum absolute atomic E-state index is 11.6. The molecule has 3 N–H and O–H groups in total. The second-order valence-electron chi connectivity index (χ2n) is 4.10. The van der Waals surface area contributed by atoms with E-state index in [1.165, 1.54) is 6.92 Å². The molecule has 0 aromatic rings. The summed E-state index contributed by atoms with van der Waals surface area (Å²) in [4.78, 5) is 23.1. The van der Waals surface area contributed by atoms with Gasteiger partial charge in [-0.25, -0.2) is 0 Å². The maximum atomic E-state index is 11.6. The van der Waals surface area contributed by atoms with Crippen LogP contribution in [0.3, 0.4) is 0 Å². The zero-order chi connectivity index (χ0) is 11.6. The Hall–Kier alpha value is -1.10. The van der Waals surface area contributed by atoms with E-state index in [1.807, 2.05) is 13.8 Å². The van der Waals surface area contributed by atoms with Crippen LogP contribution in [-0.2, 0) is 9.59 Å². The molecule has 0 aliphatic carbocycles. The molecule has 4 atom stereocenters. The first-order valence-corrected chi connectivity index (χ1v) is 5.26. The summed E-state index contributed by atoms with van der Waals surface area (Å²) in [5, 5.41) is 14.4. The SMILES string of the molecule is CCC(C)[C@@H]1NC(=O)[C@H](C(C)O)NC1=O. The zero-order valence-electron chi connectivity index (χ0n) is 9.28. The Balaban J connectivity index is 2.71. The number of carbonyl (C=O) groups excluding carboxylic acids is 2. The molecule has 1 rings (SSSR count). The minimum absolute atomic E-state index is 0.101. The van der Waals surface area contributed by atoms with Gasteiger partial charge in [-0.15, -0.1) is 0 Å². The number of hydrogen-bond acceptors (Lipinski definition) is 3. The average molecular weight is 214 g/mol. The van der Waals surface area contributed by atoms with Crippen LogP contribution in [0.15, 0.2) is 0 Å². The molecular formula is C10H18N2O3. The lowest BCUT2D eigenvalue weighted by atomic mass is 9.95. The summed E-state index contributed by atoms with van der Waals surface area (Å²) >= 11 is 0. The van der Waals surface area contributed by atoms with E-state index in [0.717, 1.165) is 6.42 Å². The smallest absolute Gasteiger partial charge is 0.245 e. The number of amides is 2.